The smallest absolute Gasteiger partial charge is 0.286 e. The van der Waals surface area contributed by atoms with Crippen LogP contribution >= 0.6 is 0 Å². The molecule has 8 nitrogen and oxygen atoms in total. The number of amides is 2. The molecule has 0 aliphatic carbocycles. The van der Waals surface area contributed by atoms with Crippen molar-refractivity contribution in [2.45, 2.75) is 31.6 Å². The van der Waals surface area contributed by atoms with Gasteiger partial charge in [-0.1, -0.05) is 6.07 Å². The summed E-state index contributed by atoms with van der Waals surface area (Å²) in [6, 6.07) is 8.15. The number of hydrogen-bond donors (Lipinski definition) is 4. The van der Waals surface area contributed by atoms with E-state index in [1.165, 1.54) is 0 Å². The van der Waals surface area contributed by atoms with Crippen molar-refractivity contribution in [2.75, 3.05) is 6.54 Å². The minimum absolute atomic E-state index is 0.0699. The molecular formula is C17H22N4O4S. The number of hydrazine groups is 1. The summed E-state index contributed by atoms with van der Waals surface area (Å²) in [5.41, 5.74) is 6.78. The number of aromatic nitrogens is 1. The van der Waals surface area contributed by atoms with Gasteiger partial charge in [-0.15, -0.1) is 0 Å². The zero-order valence-corrected chi connectivity index (χ0v) is 15.4. The number of H-pyrrole nitrogens is 1. The van der Waals surface area contributed by atoms with Crippen LogP contribution in [0.1, 0.15) is 34.5 Å². The normalized spacial score (nSPS) is 11.2. The molecule has 0 unspecified atom stereocenters. The van der Waals surface area contributed by atoms with Crippen LogP contribution in [-0.4, -0.2) is 31.8 Å². The van der Waals surface area contributed by atoms with E-state index < -0.39 is 21.8 Å². The lowest BCUT2D eigenvalue weighted by molar-refractivity contribution is -0.121. The summed E-state index contributed by atoms with van der Waals surface area (Å²) in [5, 5.41) is 0. The molecule has 9 heteroatoms. The highest BCUT2D eigenvalue weighted by Gasteiger charge is 2.14. The Bertz CT molecular complexity index is 876. The zero-order chi connectivity index (χ0) is 19.2. The molecule has 0 radical (unpaired) electrons. The molecule has 0 aliphatic heterocycles. The van der Waals surface area contributed by atoms with Crippen molar-refractivity contribution in [2.24, 2.45) is 0 Å². The van der Waals surface area contributed by atoms with Crippen LogP contribution in [0.5, 0.6) is 0 Å². The van der Waals surface area contributed by atoms with Crippen molar-refractivity contribution in [3.05, 3.63) is 53.3 Å². The van der Waals surface area contributed by atoms with Gasteiger partial charge in [0.1, 0.15) is 5.69 Å². The molecule has 0 atom stereocenters. The molecular weight excluding hydrogens is 356 g/mol. The quantitative estimate of drug-likeness (QED) is 0.427. The van der Waals surface area contributed by atoms with Crippen molar-refractivity contribution >= 4 is 21.8 Å². The number of rotatable bonds is 7. The molecule has 1 aromatic carbocycles. The summed E-state index contributed by atoms with van der Waals surface area (Å²) in [7, 11) is -3.61. The molecule has 2 amide bonds. The monoisotopic (exact) mass is 378 g/mol. The maximum atomic E-state index is 12.2. The molecule has 1 heterocycles. The summed E-state index contributed by atoms with van der Waals surface area (Å²) in [5.74, 6) is -0.867. The molecule has 0 saturated heterocycles. The first-order valence-electron chi connectivity index (χ1n) is 8.09. The van der Waals surface area contributed by atoms with E-state index >= 15 is 0 Å². The van der Waals surface area contributed by atoms with Crippen molar-refractivity contribution < 1.29 is 18.0 Å². The van der Waals surface area contributed by atoms with Gasteiger partial charge in [-0.05, 0) is 55.7 Å². The summed E-state index contributed by atoms with van der Waals surface area (Å²) >= 11 is 0. The van der Waals surface area contributed by atoms with Gasteiger partial charge < -0.3 is 4.98 Å². The van der Waals surface area contributed by atoms with Crippen molar-refractivity contribution in [1.82, 2.24) is 20.6 Å². The second kappa shape index (κ2) is 8.63. The second-order valence-electron chi connectivity index (χ2n) is 5.83. The fourth-order valence-electron chi connectivity index (χ4n) is 2.15. The van der Waals surface area contributed by atoms with Gasteiger partial charge in [0.2, 0.25) is 15.9 Å². The van der Waals surface area contributed by atoms with Gasteiger partial charge in [0.25, 0.3) is 5.91 Å². The third kappa shape index (κ3) is 5.43. The second-order valence-corrected chi connectivity index (χ2v) is 7.60. The van der Waals surface area contributed by atoms with Crippen LogP contribution in [0, 0.1) is 13.8 Å². The highest BCUT2D eigenvalue weighted by molar-refractivity contribution is 7.89. The number of nitrogens with one attached hydrogen (secondary N) is 4. The Morgan fingerprint density at radius 1 is 1.08 bits per heavy atom. The number of carbonyl (C=O) groups excluding carboxylic acids is 2. The molecule has 2 aromatic rings. The largest absolute Gasteiger partial charge is 0.357 e. The van der Waals surface area contributed by atoms with Crippen molar-refractivity contribution in [3.8, 4) is 0 Å². The predicted molar refractivity (Wildman–Crippen MR) is 96.7 cm³/mol. The molecule has 4 N–H and O–H groups in total. The number of aryl methyl sites for hydroxylation is 2. The lowest BCUT2D eigenvalue weighted by Crippen LogP contribution is -2.41. The molecule has 1 aromatic heterocycles. The van der Waals surface area contributed by atoms with E-state index in [1.807, 2.05) is 13.8 Å². The summed E-state index contributed by atoms with van der Waals surface area (Å²) < 4.78 is 26.9. The third-order valence-electron chi connectivity index (χ3n) is 3.82. The van der Waals surface area contributed by atoms with E-state index in [-0.39, 0.29) is 17.9 Å². The van der Waals surface area contributed by atoms with Crippen LogP contribution < -0.4 is 15.6 Å². The molecule has 0 aliphatic rings. The molecule has 0 fully saturated rings. The average Bonchev–Trinajstić information content (AvgIpc) is 3.13. The van der Waals surface area contributed by atoms with Crippen LogP contribution in [-0.2, 0) is 14.8 Å². The summed E-state index contributed by atoms with van der Waals surface area (Å²) in [6.45, 7) is 3.87. The van der Waals surface area contributed by atoms with Crippen molar-refractivity contribution in [3.63, 3.8) is 0 Å². The topological polar surface area (TPSA) is 120 Å². The van der Waals surface area contributed by atoms with Gasteiger partial charge >= 0.3 is 0 Å². The fraction of sp³-hybridized carbons (Fsp3) is 0.294. The first-order chi connectivity index (χ1) is 12.3. The Kier molecular flexibility index (Phi) is 6.53. The highest BCUT2D eigenvalue weighted by atomic mass is 32.2. The minimum atomic E-state index is -3.61. The van der Waals surface area contributed by atoms with Crippen LogP contribution in [0.3, 0.4) is 0 Å². The molecule has 0 saturated carbocycles. The van der Waals surface area contributed by atoms with Gasteiger partial charge in [-0.25, -0.2) is 13.1 Å². The standard InChI is InChI=1S/C17H22N4O4S/c1-12-7-8-14(11-13(12)2)26(24,25)19-10-4-6-16(22)20-21-17(23)15-5-3-9-18-15/h3,5,7-9,11,18-19H,4,6,10H2,1-2H3,(H,20,22)(H,21,23). The van der Waals surface area contributed by atoms with Gasteiger partial charge in [-0.3, -0.25) is 20.4 Å². The minimum Gasteiger partial charge on any atom is -0.357 e. The zero-order valence-electron chi connectivity index (χ0n) is 14.6. The first kappa shape index (κ1) is 19.7. The van der Waals surface area contributed by atoms with E-state index in [0.717, 1.165) is 11.1 Å². The fourth-order valence-corrected chi connectivity index (χ4v) is 3.31. The van der Waals surface area contributed by atoms with Crippen LogP contribution in [0.25, 0.3) is 0 Å². The van der Waals surface area contributed by atoms with Crippen LogP contribution in [0.4, 0.5) is 0 Å². The van der Waals surface area contributed by atoms with Crippen LogP contribution in [0.15, 0.2) is 41.4 Å². The number of sulfonamides is 1. The molecule has 140 valence electrons. The summed E-state index contributed by atoms with van der Waals surface area (Å²) in [6.07, 6.45) is 1.97. The Balaban J connectivity index is 1.72. The number of benzene rings is 1. The highest BCUT2D eigenvalue weighted by Crippen LogP contribution is 2.14. The number of carbonyl (C=O) groups is 2. The van der Waals surface area contributed by atoms with E-state index in [2.05, 4.69) is 20.6 Å². The molecule has 26 heavy (non-hydrogen) atoms. The van der Waals surface area contributed by atoms with E-state index in [4.69, 9.17) is 0 Å². The van der Waals surface area contributed by atoms with Gasteiger partial charge in [0.15, 0.2) is 0 Å². The first-order valence-corrected chi connectivity index (χ1v) is 9.57. The number of hydrogen-bond acceptors (Lipinski definition) is 4. The maximum absolute atomic E-state index is 12.2. The molecule has 2 rings (SSSR count). The third-order valence-corrected chi connectivity index (χ3v) is 5.28. The Hall–Kier alpha value is -2.65. The Morgan fingerprint density at radius 2 is 1.85 bits per heavy atom. The van der Waals surface area contributed by atoms with E-state index in [9.17, 15) is 18.0 Å². The lowest BCUT2D eigenvalue weighted by Gasteiger charge is -2.09. The van der Waals surface area contributed by atoms with Gasteiger partial charge in [0.05, 0.1) is 4.90 Å². The van der Waals surface area contributed by atoms with E-state index in [0.29, 0.717) is 12.1 Å². The Labute approximate surface area is 152 Å². The molecule has 0 spiro atoms. The summed E-state index contributed by atoms with van der Waals surface area (Å²) in [4.78, 5) is 26.2. The van der Waals surface area contributed by atoms with Gasteiger partial charge in [0, 0.05) is 19.2 Å². The lowest BCUT2D eigenvalue weighted by atomic mass is 10.1. The maximum Gasteiger partial charge on any atom is 0.286 e. The van der Waals surface area contributed by atoms with Crippen LogP contribution in [0.2, 0.25) is 0 Å². The Morgan fingerprint density at radius 3 is 2.50 bits per heavy atom. The SMILES string of the molecule is Cc1ccc(S(=O)(=O)NCCCC(=O)NNC(=O)c2ccc[nH]2)cc1C. The molecule has 0 bridgehead atoms. The van der Waals surface area contributed by atoms with Gasteiger partial charge in [-0.2, -0.15) is 0 Å². The van der Waals surface area contributed by atoms with E-state index in [1.54, 1.807) is 36.5 Å². The van der Waals surface area contributed by atoms with Crippen molar-refractivity contribution in [1.29, 1.82) is 0 Å². The predicted octanol–water partition coefficient (Wildman–Crippen LogP) is 1.15. The average molecular weight is 378 g/mol. The number of aromatic amines is 1.